The summed E-state index contributed by atoms with van der Waals surface area (Å²) >= 11 is 0. The summed E-state index contributed by atoms with van der Waals surface area (Å²) in [4.78, 5) is 0. The lowest BCUT2D eigenvalue weighted by Gasteiger charge is -2.17. The topological polar surface area (TPSA) is 20.2 Å². The quantitative estimate of drug-likeness (QED) is 0.815. The third kappa shape index (κ3) is 3.21. The molecule has 1 aliphatic carbocycles. The van der Waals surface area contributed by atoms with Gasteiger partial charge in [-0.2, -0.15) is 0 Å². The van der Waals surface area contributed by atoms with Crippen LogP contribution in [0.4, 0.5) is 0 Å². The van der Waals surface area contributed by atoms with Gasteiger partial charge in [0.2, 0.25) is 0 Å². The number of rotatable bonds is 3. The van der Waals surface area contributed by atoms with Crippen molar-refractivity contribution in [3.8, 4) is 0 Å². The normalized spacial score (nSPS) is 18.1. The van der Waals surface area contributed by atoms with Gasteiger partial charge in [0.15, 0.2) is 0 Å². The Kier molecular flexibility index (Phi) is 4.17. The fourth-order valence-corrected chi connectivity index (χ4v) is 2.31. The van der Waals surface area contributed by atoms with E-state index in [1.807, 2.05) is 12.1 Å². The van der Waals surface area contributed by atoms with Crippen LogP contribution in [0.1, 0.15) is 43.2 Å². The lowest BCUT2D eigenvalue weighted by molar-refractivity contribution is 0.282. The van der Waals surface area contributed by atoms with Crippen molar-refractivity contribution in [1.82, 2.24) is 0 Å². The van der Waals surface area contributed by atoms with Gasteiger partial charge < -0.3 is 5.11 Å². The first kappa shape index (κ1) is 11.4. The molecule has 0 unspecified atom stereocenters. The zero-order valence-corrected chi connectivity index (χ0v) is 9.73. The molecule has 1 fully saturated rings. The maximum absolute atomic E-state index is 8.94. The minimum absolute atomic E-state index is 0.132. The second-order valence-corrected chi connectivity index (χ2v) is 4.66. The standard InChI is InChI=1S/C15H20O/c16-12-15-10-8-14(9-11-15)7-6-13-4-2-1-3-5-13/h6-11,13,16H,1-5,12H2. The van der Waals surface area contributed by atoms with Gasteiger partial charge in [-0.3, -0.25) is 0 Å². The van der Waals surface area contributed by atoms with Crippen LogP contribution in [0.3, 0.4) is 0 Å². The molecule has 1 aromatic carbocycles. The van der Waals surface area contributed by atoms with Crippen LogP contribution in [0.2, 0.25) is 0 Å². The van der Waals surface area contributed by atoms with Gasteiger partial charge in [0.25, 0.3) is 0 Å². The Hall–Kier alpha value is -1.08. The van der Waals surface area contributed by atoms with Gasteiger partial charge >= 0.3 is 0 Å². The maximum atomic E-state index is 8.94. The van der Waals surface area contributed by atoms with E-state index < -0.39 is 0 Å². The van der Waals surface area contributed by atoms with Crippen LogP contribution in [0.15, 0.2) is 30.3 Å². The molecular weight excluding hydrogens is 196 g/mol. The Morgan fingerprint density at radius 3 is 2.38 bits per heavy atom. The molecule has 0 saturated heterocycles. The lowest BCUT2D eigenvalue weighted by atomic mass is 9.89. The molecule has 0 amide bonds. The first-order valence-corrected chi connectivity index (χ1v) is 6.26. The number of aliphatic hydroxyl groups is 1. The minimum atomic E-state index is 0.132. The minimum Gasteiger partial charge on any atom is -0.392 e. The van der Waals surface area contributed by atoms with E-state index in [1.54, 1.807) is 0 Å². The predicted molar refractivity (Wildman–Crippen MR) is 68.0 cm³/mol. The second kappa shape index (κ2) is 5.86. The van der Waals surface area contributed by atoms with Crippen molar-refractivity contribution in [3.05, 3.63) is 41.5 Å². The average molecular weight is 216 g/mol. The van der Waals surface area contributed by atoms with Gasteiger partial charge in [-0.05, 0) is 29.9 Å². The van der Waals surface area contributed by atoms with E-state index in [0.717, 1.165) is 11.5 Å². The van der Waals surface area contributed by atoms with E-state index in [9.17, 15) is 0 Å². The molecule has 0 heterocycles. The van der Waals surface area contributed by atoms with Gasteiger partial charge in [0.05, 0.1) is 6.61 Å². The monoisotopic (exact) mass is 216 g/mol. The SMILES string of the molecule is OCc1ccc(C=CC2CCCCC2)cc1. The molecule has 0 radical (unpaired) electrons. The average Bonchev–Trinajstić information content (AvgIpc) is 2.38. The highest BCUT2D eigenvalue weighted by atomic mass is 16.3. The molecule has 0 spiro atoms. The van der Waals surface area contributed by atoms with Gasteiger partial charge in [0, 0.05) is 0 Å². The van der Waals surface area contributed by atoms with Crippen molar-refractivity contribution in [3.63, 3.8) is 0 Å². The molecule has 86 valence electrons. The summed E-state index contributed by atoms with van der Waals surface area (Å²) in [6.07, 6.45) is 11.5. The van der Waals surface area contributed by atoms with E-state index in [0.29, 0.717) is 0 Å². The first-order valence-electron chi connectivity index (χ1n) is 6.26. The van der Waals surface area contributed by atoms with Gasteiger partial charge in [-0.1, -0.05) is 55.7 Å². The highest BCUT2D eigenvalue weighted by molar-refractivity contribution is 5.49. The predicted octanol–water partition coefficient (Wildman–Crippen LogP) is 3.77. The smallest absolute Gasteiger partial charge is 0.0681 e. The number of hydrogen-bond donors (Lipinski definition) is 1. The van der Waals surface area contributed by atoms with Crippen molar-refractivity contribution < 1.29 is 5.11 Å². The van der Waals surface area contributed by atoms with Crippen LogP contribution in [0.5, 0.6) is 0 Å². The Morgan fingerprint density at radius 1 is 1.06 bits per heavy atom. The molecule has 1 heteroatoms. The fraction of sp³-hybridized carbons (Fsp3) is 0.467. The highest BCUT2D eigenvalue weighted by Gasteiger charge is 2.09. The van der Waals surface area contributed by atoms with Gasteiger partial charge in [-0.15, -0.1) is 0 Å². The van der Waals surface area contributed by atoms with Crippen LogP contribution in [-0.4, -0.2) is 5.11 Å². The summed E-state index contributed by atoms with van der Waals surface area (Å²) in [7, 11) is 0. The molecule has 1 nitrogen and oxygen atoms in total. The van der Waals surface area contributed by atoms with E-state index >= 15 is 0 Å². The first-order chi connectivity index (χ1) is 7.88. The summed E-state index contributed by atoms with van der Waals surface area (Å²) in [6.45, 7) is 0.132. The number of aliphatic hydroxyl groups excluding tert-OH is 1. The molecule has 0 atom stereocenters. The van der Waals surface area contributed by atoms with Crippen molar-refractivity contribution in [2.75, 3.05) is 0 Å². The van der Waals surface area contributed by atoms with Gasteiger partial charge in [0.1, 0.15) is 0 Å². The van der Waals surface area contributed by atoms with E-state index in [-0.39, 0.29) is 6.61 Å². The van der Waals surface area contributed by atoms with Crippen LogP contribution in [-0.2, 0) is 6.61 Å². The highest BCUT2D eigenvalue weighted by Crippen LogP contribution is 2.25. The molecule has 16 heavy (non-hydrogen) atoms. The Labute approximate surface area is 97.8 Å². The summed E-state index contributed by atoms with van der Waals surface area (Å²) in [5, 5.41) is 8.94. The summed E-state index contributed by atoms with van der Waals surface area (Å²) < 4.78 is 0. The molecule has 1 aromatic rings. The number of allylic oxidation sites excluding steroid dienone is 1. The van der Waals surface area contributed by atoms with Crippen molar-refractivity contribution in [1.29, 1.82) is 0 Å². The summed E-state index contributed by atoms with van der Waals surface area (Å²) in [5.74, 6) is 0.784. The van der Waals surface area contributed by atoms with Crippen LogP contribution < -0.4 is 0 Å². The third-order valence-electron chi connectivity index (χ3n) is 3.37. The fourth-order valence-electron chi connectivity index (χ4n) is 2.31. The summed E-state index contributed by atoms with van der Waals surface area (Å²) in [5.41, 5.74) is 2.22. The van der Waals surface area contributed by atoms with Crippen molar-refractivity contribution in [2.45, 2.75) is 38.7 Å². The molecule has 1 saturated carbocycles. The Morgan fingerprint density at radius 2 is 1.75 bits per heavy atom. The molecule has 0 aromatic heterocycles. The van der Waals surface area contributed by atoms with E-state index in [2.05, 4.69) is 24.3 Å². The van der Waals surface area contributed by atoms with Crippen molar-refractivity contribution >= 4 is 6.08 Å². The van der Waals surface area contributed by atoms with Crippen LogP contribution in [0.25, 0.3) is 6.08 Å². The number of hydrogen-bond acceptors (Lipinski definition) is 1. The zero-order chi connectivity index (χ0) is 11.2. The zero-order valence-electron chi connectivity index (χ0n) is 9.73. The Balaban J connectivity index is 1.94. The van der Waals surface area contributed by atoms with Crippen LogP contribution in [0, 0.1) is 5.92 Å². The summed E-state index contributed by atoms with van der Waals surface area (Å²) in [6, 6.07) is 8.12. The number of benzene rings is 1. The lowest BCUT2D eigenvalue weighted by Crippen LogP contribution is -2.02. The Bertz CT molecular complexity index is 331. The molecule has 0 bridgehead atoms. The van der Waals surface area contributed by atoms with Crippen LogP contribution >= 0.6 is 0 Å². The second-order valence-electron chi connectivity index (χ2n) is 4.66. The maximum Gasteiger partial charge on any atom is 0.0681 e. The molecule has 2 rings (SSSR count). The molecular formula is C15H20O. The molecule has 0 aliphatic heterocycles. The van der Waals surface area contributed by atoms with E-state index in [1.165, 1.54) is 37.7 Å². The molecule has 1 aliphatic rings. The third-order valence-corrected chi connectivity index (χ3v) is 3.37. The molecule has 1 N–H and O–H groups in total. The van der Waals surface area contributed by atoms with Crippen molar-refractivity contribution in [2.24, 2.45) is 5.92 Å². The largest absolute Gasteiger partial charge is 0.392 e. The van der Waals surface area contributed by atoms with E-state index in [4.69, 9.17) is 5.11 Å². The van der Waals surface area contributed by atoms with Gasteiger partial charge in [-0.25, -0.2) is 0 Å².